The maximum atomic E-state index is 9.66. The summed E-state index contributed by atoms with van der Waals surface area (Å²) in [4.78, 5) is 0. The number of aliphatic hydroxyl groups excluding tert-OH is 1. The number of rotatable bonds is 1. The van der Waals surface area contributed by atoms with Gasteiger partial charge in [0.25, 0.3) is 0 Å². The predicted octanol–water partition coefficient (Wildman–Crippen LogP) is 1.38. The minimum Gasteiger partial charge on any atom is -0.389 e. The third-order valence-electron chi connectivity index (χ3n) is 2.61. The number of allylic oxidation sites excluding steroid dienone is 1. The van der Waals surface area contributed by atoms with Gasteiger partial charge in [0.05, 0.1) is 11.8 Å². The smallest absolute Gasteiger partial charge is 0.0783 e. The summed E-state index contributed by atoms with van der Waals surface area (Å²) in [5.41, 5.74) is 3.44. The number of aromatic nitrogens is 2. The molecule has 0 radical (unpaired) electrons. The number of fused-ring (bicyclic) bond motifs is 1. The fourth-order valence-corrected chi connectivity index (χ4v) is 1.98. The van der Waals surface area contributed by atoms with Crippen molar-refractivity contribution in [2.45, 2.75) is 26.4 Å². The van der Waals surface area contributed by atoms with Crippen molar-refractivity contribution in [3.63, 3.8) is 0 Å². The van der Waals surface area contributed by atoms with E-state index in [9.17, 15) is 5.11 Å². The second kappa shape index (κ2) is 3.24. The van der Waals surface area contributed by atoms with Gasteiger partial charge in [0, 0.05) is 25.2 Å². The van der Waals surface area contributed by atoms with Gasteiger partial charge in [0.2, 0.25) is 0 Å². The van der Waals surface area contributed by atoms with Gasteiger partial charge >= 0.3 is 0 Å². The first kappa shape index (κ1) is 9.46. The van der Waals surface area contributed by atoms with E-state index in [0.29, 0.717) is 12.3 Å². The molecule has 0 fully saturated rings. The van der Waals surface area contributed by atoms with Gasteiger partial charge in [0.1, 0.15) is 0 Å². The molecular formula is C11H16N2O. The quantitative estimate of drug-likeness (QED) is 0.730. The Labute approximate surface area is 84.1 Å². The van der Waals surface area contributed by atoms with Gasteiger partial charge in [-0.2, -0.15) is 5.10 Å². The Balaban J connectivity index is 2.49. The van der Waals surface area contributed by atoms with Crippen molar-refractivity contribution in [2.75, 3.05) is 0 Å². The van der Waals surface area contributed by atoms with Crippen LogP contribution in [-0.2, 0) is 13.5 Å². The van der Waals surface area contributed by atoms with Gasteiger partial charge in [-0.1, -0.05) is 19.9 Å². The van der Waals surface area contributed by atoms with Crippen LogP contribution in [0.25, 0.3) is 5.57 Å². The monoisotopic (exact) mass is 192 g/mol. The Morgan fingerprint density at radius 1 is 1.57 bits per heavy atom. The predicted molar refractivity (Wildman–Crippen MR) is 55.7 cm³/mol. The molecule has 0 bridgehead atoms. The van der Waals surface area contributed by atoms with Crippen molar-refractivity contribution >= 4 is 5.57 Å². The number of aliphatic hydroxyl groups is 1. The highest BCUT2D eigenvalue weighted by Crippen LogP contribution is 2.30. The Morgan fingerprint density at radius 2 is 2.29 bits per heavy atom. The second-order valence-electron chi connectivity index (χ2n) is 4.21. The van der Waals surface area contributed by atoms with Crippen LogP contribution in [0.5, 0.6) is 0 Å². The molecule has 76 valence electrons. The normalized spacial score (nSPS) is 20.9. The molecule has 1 aliphatic carbocycles. The molecule has 0 saturated heterocycles. The van der Waals surface area contributed by atoms with Gasteiger partial charge in [-0.3, -0.25) is 4.68 Å². The van der Waals surface area contributed by atoms with Crippen molar-refractivity contribution in [1.82, 2.24) is 9.78 Å². The first-order valence-corrected chi connectivity index (χ1v) is 5.00. The number of hydrogen-bond acceptors (Lipinski definition) is 2. The maximum absolute atomic E-state index is 9.66. The van der Waals surface area contributed by atoms with Gasteiger partial charge in [-0.15, -0.1) is 0 Å². The van der Waals surface area contributed by atoms with Crippen LogP contribution < -0.4 is 0 Å². The van der Waals surface area contributed by atoms with Crippen LogP contribution in [0.3, 0.4) is 0 Å². The molecule has 0 saturated carbocycles. The Bertz CT molecular complexity index is 377. The van der Waals surface area contributed by atoms with E-state index in [1.54, 1.807) is 0 Å². The van der Waals surface area contributed by atoms with E-state index in [0.717, 1.165) is 5.69 Å². The van der Waals surface area contributed by atoms with E-state index >= 15 is 0 Å². The van der Waals surface area contributed by atoms with Gasteiger partial charge in [0.15, 0.2) is 0 Å². The average Bonchev–Trinajstić information content (AvgIpc) is 2.42. The van der Waals surface area contributed by atoms with Crippen molar-refractivity contribution in [3.8, 4) is 0 Å². The summed E-state index contributed by atoms with van der Waals surface area (Å²) in [6.07, 6.45) is 4.27. The summed E-state index contributed by atoms with van der Waals surface area (Å²) in [6.45, 7) is 4.28. The Hall–Kier alpha value is -1.09. The van der Waals surface area contributed by atoms with Crippen LogP contribution in [0.1, 0.15) is 25.1 Å². The zero-order valence-corrected chi connectivity index (χ0v) is 8.86. The maximum Gasteiger partial charge on any atom is 0.0783 e. The van der Waals surface area contributed by atoms with E-state index in [2.05, 4.69) is 18.9 Å². The van der Waals surface area contributed by atoms with Crippen molar-refractivity contribution in [3.05, 3.63) is 23.5 Å². The minimum absolute atomic E-state index is 0.366. The average molecular weight is 192 g/mol. The topological polar surface area (TPSA) is 38.1 Å². The number of nitrogens with zero attached hydrogens (tertiary/aromatic N) is 2. The summed E-state index contributed by atoms with van der Waals surface area (Å²) < 4.78 is 1.82. The van der Waals surface area contributed by atoms with E-state index in [1.807, 2.05) is 24.0 Å². The summed E-state index contributed by atoms with van der Waals surface area (Å²) in [5, 5.41) is 14.0. The highest BCUT2D eigenvalue weighted by atomic mass is 16.3. The molecule has 3 nitrogen and oxygen atoms in total. The fourth-order valence-electron chi connectivity index (χ4n) is 1.98. The molecule has 2 rings (SSSR count). The van der Waals surface area contributed by atoms with Crippen molar-refractivity contribution < 1.29 is 5.11 Å². The first-order chi connectivity index (χ1) is 6.58. The zero-order chi connectivity index (χ0) is 10.3. The molecular weight excluding hydrogens is 176 g/mol. The Morgan fingerprint density at radius 3 is 2.93 bits per heavy atom. The van der Waals surface area contributed by atoms with Gasteiger partial charge in [-0.25, -0.2) is 0 Å². The lowest BCUT2D eigenvalue weighted by molar-refractivity contribution is 0.220. The largest absolute Gasteiger partial charge is 0.389 e. The molecule has 1 atom stereocenters. The third kappa shape index (κ3) is 1.48. The van der Waals surface area contributed by atoms with Gasteiger partial charge < -0.3 is 5.11 Å². The zero-order valence-electron chi connectivity index (χ0n) is 8.86. The highest BCUT2D eigenvalue weighted by Gasteiger charge is 2.22. The lowest BCUT2D eigenvalue weighted by atomic mass is 9.88. The number of hydrogen-bond donors (Lipinski definition) is 1. The lowest BCUT2D eigenvalue weighted by Crippen LogP contribution is -2.15. The summed E-state index contributed by atoms with van der Waals surface area (Å²) in [7, 11) is 1.92. The molecule has 0 aliphatic heterocycles. The SMILES string of the molecule is CC(C)C1=CC(O)Cc2nn(C)cc21. The molecule has 1 aliphatic rings. The molecule has 1 heterocycles. The summed E-state index contributed by atoms with van der Waals surface area (Å²) in [6, 6.07) is 0. The van der Waals surface area contributed by atoms with Gasteiger partial charge in [-0.05, 0) is 11.5 Å². The minimum atomic E-state index is -0.366. The van der Waals surface area contributed by atoms with Crippen LogP contribution in [-0.4, -0.2) is 21.0 Å². The van der Waals surface area contributed by atoms with Crippen molar-refractivity contribution in [2.24, 2.45) is 13.0 Å². The van der Waals surface area contributed by atoms with Crippen LogP contribution in [0.2, 0.25) is 0 Å². The molecule has 0 aromatic carbocycles. The molecule has 1 aromatic heterocycles. The Kier molecular flexibility index (Phi) is 2.19. The van der Waals surface area contributed by atoms with E-state index in [1.165, 1.54) is 11.1 Å². The molecule has 0 amide bonds. The molecule has 14 heavy (non-hydrogen) atoms. The van der Waals surface area contributed by atoms with Crippen molar-refractivity contribution in [1.29, 1.82) is 0 Å². The van der Waals surface area contributed by atoms with Crippen LogP contribution in [0.4, 0.5) is 0 Å². The third-order valence-corrected chi connectivity index (χ3v) is 2.61. The molecule has 3 heteroatoms. The van der Waals surface area contributed by atoms with Crippen LogP contribution >= 0.6 is 0 Å². The lowest BCUT2D eigenvalue weighted by Gasteiger charge is -2.19. The van der Waals surface area contributed by atoms with E-state index < -0.39 is 0 Å². The number of aryl methyl sites for hydroxylation is 1. The summed E-state index contributed by atoms with van der Waals surface area (Å²) in [5.74, 6) is 0.438. The highest BCUT2D eigenvalue weighted by molar-refractivity contribution is 5.70. The standard InChI is InChI=1S/C11H16N2O/c1-7(2)9-4-8(14)5-11-10(9)6-13(3)12-11/h4,6-8,14H,5H2,1-3H3. The van der Waals surface area contributed by atoms with Crippen LogP contribution in [0, 0.1) is 5.92 Å². The fraction of sp³-hybridized carbons (Fsp3) is 0.545. The first-order valence-electron chi connectivity index (χ1n) is 5.00. The molecule has 1 aromatic rings. The second-order valence-corrected chi connectivity index (χ2v) is 4.21. The van der Waals surface area contributed by atoms with Crippen LogP contribution in [0.15, 0.2) is 12.3 Å². The van der Waals surface area contributed by atoms with E-state index in [-0.39, 0.29) is 6.10 Å². The molecule has 1 unspecified atom stereocenters. The molecule has 0 spiro atoms. The summed E-state index contributed by atoms with van der Waals surface area (Å²) >= 11 is 0. The van der Waals surface area contributed by atoms with E-state index in [4.69, 9.17) is 0 Å². The molecule has 1 N–H and O–H groups in total.